The molecule has 142 valence electrons. The van der Waals surface area contributed by atoms with E-state index in [4.69, 9.17) is 4.74 Å². The summed E-state index contributed by atoms with van der Waals surface area (Å²) in [6, 6.07) is 6.86. The molecule has 2 amide bonds. The monoisotopic (exact) mass is 374 g/mol. The molecule has 2 heterocycles. The average molecular weight is 374 g/mol. The number of benzene rings is 1. The summed E-state index contributed by atoms with van der Waals surface area (Å²) in [7, 11) is 0. The van der Waals surface area contributed by atoms with Crippen molar-refractivity contribution in [3.05, 3.63) is 57.8 Å². The van der Waals surface area contributed by atoms with Crippen molar-refractivity contribution in [2.45, 2.75) is 26.4 Å². The van der Waals surface area contributed by atoms with Gasteiger partial charge in [-0.05, 0) is 25.1 Å². The average Bonchev–Trinajstić information content (AvgIpc) is 2.62. The summed E-state index contributed by atoms with van der Waals surface area (Å²) < 4.78 is 19.2. The van der Waals surface area contributed by atoms with E-state index in [1.165, 1.54) is 29.2 Å². The first kappa shape index (κ1) is 18.6. The van der Waals surface area contributed by atoms with Gasteiger partial charge in [-0.1, -0.05) is 6.07 Å². The van der Waals surface area contributed by atoms with E-state index in [0.717, 1.165) is 4.68 Å². The largest absolute Gasteiger partial charge is 0.450 e. The number of hydrogen-bond acceptors (Lipinski definition) is 5. The molecule has 9 heteroatoms. The number of amides is 2. The van der Waals surface area contributed by atoms with Crippen molar-refractivity contribution in [2.75, 3.05) is 18.5 Å². The highest BCUT2D eigenvalue weighted by Crippen LogP contribution is 2.16. The predicted molar refractivity (Wildman–Crippen MR) is 94.7 cm³/mol. The molecular weight excluding hydrogens is 355 g/mol. The smallest absolute Gasteiger partial charge is 0.410 e. The van der Waals surface area contributed by atoms with Crippen LogP contribution in [-0.4, -0.2) is 39.8 Å². The summed E-state index contributed by atoms with van der Waals surface area (Å²) in [4.78, 5) is 37.7. The van der Waals surface area contributed by atoms with E-state index in [1.807, 2.05) is 0 Å². The van der Waals surface area contributed by atoms with Gasteiger partial charge in [0, 0.05) is 30.3 Å². The fraction of sp³-hybridized carbons (Fsp3) is 0.333. The third-order valence-electron chi connectivity index (χ3n) is 4.07. The van der Waals surface area contributed by atoms with Gasteiger partial charge in [0.15, 0.2) is 0 Å². The van der Waals surface area contributed by atoms with Crippen LogP contribution in [0.2, 0.25) is 0 Å². The lowest BCUT2D eigenvalue weighted by atomic mass is 10.1. The van der Waals surface area contributed by atoms with Gasteiger partial charge in [-0.3, -0.25) is 9.59 Å². The molecule has 1 aliphatic rings. The Morgan fingerprint density at radius 2 is 2.15 bits per heavy atom. The first-order valence-corrected chi connectivity index (χ1v) is 8.53. The number of rotatable bonds is 4. The standard InChI is InChI=1S/C18H19FN4O4/c1-2-27-18(26)22-7-6-15-12(10-22)8-17(25)23(21-15)11-16(24)20-14-5-3-4-13(19)9-14/h3-5,8-9H,2,6-7,10-11H2,1H3,(H,20,24). The van der Waals surface area contributed by atoms with Crippen molar-refractivity contribution < 1.29 is 18.7 Å². The molecule has 1 aromatic heterocycles. The van der Waals surface area contributed by atoms with Crippen molar-refractivity contribution in [1.29, 1.82) is 0 Å². The van der Waals surface area contributed by atoms with E-state index in [9.17, 15) is 18.8 Å². The van der Waals surface area contributed by atoms with Crippen molar-refractivity contribution >= 4 is 17.7 Å². The number of carbonyl (C=O) groups excluding carboxylic acids is 2. The van der Waals surface area contributed by atoms with Gasteiger partial charge in [0.2, 0.25) is 5.91 Å². The number of aromatic nitrogens is 2. The van der Waals surface area contributed by atoms with Crippen molar-refractivity contribution in [2.24, 2.45) is 0 Å². The molecule has 0 aliphatic carbocycles. The molecule has 0 saturated carbocycles. The maximum atomic E-state index is 13.2. The summed E-state index contributed by atoms with van der Waals surface area (Å²) in [6.45, 7) is 2.39. The second kappa shape index (κ2) is 7.98. The van der Waals surface area contributed by atoms with Gasteiger partial charge < -0.3 is 15.0 Å². The second-order valence-electron chi connectivity index (χ2n) is 6.04. The van der Waals surface area contributed by atoms with Gasteiger partial charge in [0.1, 0.15) is 12.4 Å². The molecule has 27 heavy (non-hydrogen) atoms. The molecule has 0 saturated heterocycles. The molecule has 0 unspecified atom stereocenters. The van der Waals surface area contributed by atoms with E-state index in [-0.39, 0.29) is 19.7 Å². The van der Waals surface area contributed by atoms with Crippen LogP contribution in [0.15, 0.2) is 35.1 Å². The first-order chi connectivity index (χ1) is 13.0. The Labute approximate surface area is 154 Å². The normalized spacial score (nSPS) is 13.0. The Balaban J connectivity index is 1.70. The lowest BCUT2D eigenvalue weighted by molar-refractivity contribution is -0.117. The molecule has 0 atom stereocenters. The number of anilines is 1. The van der Waals surface area contributed by atoms with Crippen LogP contribution in [0.1, 0.15) is 18.2 Å². The fourth-order valence-electron chi connectivity index (χ4n) is 2.83. The molecule has 0 bridgehead atoms. The molecule has 1 aliphatic heterocycles. The summed E-state index contributed by atoms with van der Waals surface area (Å²) in [5, 5.41) is 6.77. The van der Waals surface area contributed by atoms with Crippen LogP contribution in [0.5, 0.6) is 0 Å². The number of nitrogens with zero attached hydrogens (tertiary/aromatic N) is 3. The molecule has 3 rings (SSSR count). The molecule has 0 spiro atoms. The molecule has 8 nitrogen and oxygen atoms in total. The Bertz CT molecular complexity index is 928. The molecule has 0 radical (unpaired) electrons. The van der Waals surface area contributed by atoms with Gasteiger partial charge >= 0.3 is 6.09 Å². The van der Waals surface area contributed by atoms with E-state index in [2.05, 4.69) is 10.4 Å². The highest BCUT2D eigenvalue weighted by molar-refractivity contribution is 5.90. The van der Waals surface area contributed by atoms with Gasteiger partial charge in [-0.2, -0.15) is 5.10 Å². The Morgan fingerprint density at radius 3 is 2.89 bits per heavy atom. The van der Waals surface area contributed by atoms with Gasteiger partial charge in [0.05, 0.1) is 18.8 Å². The van der Waals surface area contributed by atoms with Crippen molar-refractivity contribution in [3.63, 3.8) is 0 Å². The fourth-order valence-corrected chi connectivity index (χ4v) is 2.83. The highest BCUT2D eigenvalue weighted by Gasteiger charge is 2.24. The van der Waals surface area contributed by atoms with Crippen molar-refractivity contribution in [1.82, 2.24) is 14.7 Å². The zero-order valence-corrected chi connectivity index (χ0v) is 14.8. The van der Waals surface area contributed by atoms with Crippen LogP contribution in [-0.2, 0) is 29.0 Å². The molecular formula is C18H19FN4O4. The zero-order valence-electron chi connectivity index (χ0n) is 14.8. The quantitative estimate of drug-likeness (QED) is 0.876. The van der Waals surface area contributed by atoms with Gasteiger partial charge in [-0.25, -0.2) is 13.9 Å². The first-order valence-electron chi connectivity index (χ1n) is 8.53. The van der Waals surface area contributed by atoms with Crippen LogP contribution >= 0.6 is 0 Å². The minimum absolute atomic E-state index is 0.243. The minimum Gasteiger partial charge on any atom is -0.450 e. The Morgan fingerprint density at radius 1 is 1.33 bits per heavy atom. The van der Waals surface area contributed by atoms with Gasteiger partial charge in [0.25, 0.3) is 5.56 Å². The Kier molecular flexibility index (Phi) is 5.49. The van der Waals surface area contributed by atoms with E-state index in [1.54, 1.807) is 13.0 Å². The predicted octanol–water partition coefficient (Wildman–Crippen LogP) is 1.54. The lowest BCUT2D eigenvalue weighted by Crippen LogP contribution is -2.39. The third kappa shape index (κ3) is 4.49. The van der Waals surface area contributed by atoms with Crippen LogP contribution < -0.4 is 10.9 Å². The number of ether oxygens (including phenoxy) is 1. The molecule has 1 N–H and O–H groups in total. The van der Waals surface area contributed by atoms with Crippen molar-refractivity contribution in [3.8, 4) is 0 Å². The lowest BCUT2D eigenvalue weighted by Gasteiger charge is -2.27. The number of halogens is 1. The summed E-state index contributed by atoms with van der Waals surface area (Å²) >= 11 is 0. The minimum atomic E-state index is -0.487. The summed E-state index contributed by atoms with van der Waals surface area (Å²) in [6.07, 6.45) is 0.0294. The zero-order chi connectivity index (χ0) is 19.4. The third-order valence-corrected chi connectivity index (χ3v) is 4.07. The summed E-state index contributed by atoms with van der Waals surface area (Å²) in [5.41, 5.74) is 1.15. The van der Waals surface area contributed by atoms with Gasteiger partial charge in [-0.15, -0.1) is 0 Å². The second-order valence-corrected chi connectivity index (χ2v) is 6.04. The maximum Gasteiger partial charge on any atom is 0.410 e. The highest BCUT2D eigenvalue weighted by atomic mass is 19.1. The van der Waals surface area contributed by atoms with Crippen LogP contribution in [0, 0.1) is 5.82 Å². The van der Waals surface area contributed by atoms with Crippen LogP contribution in [0.3, 0.4) is 0 Å². The number of nitrogens with one attached hydrogen (secondary N) is 1. The van der Waals surface area contributed by atoms with Crippen LogP contribution in [0.4, 0.5) is 14.9 Å². The topological polar surface area (TPSA) is 93.5 Å². The van der Waals surface area contributed by atoms with E-state index in [0.29, 0.717) is 29.9 Å². The van der Waals surface area contributed by atoms with E-state index >= 15 is 0 Å². The van der Waals surface area contributed by atoms with Crippen LogP contribution in [0.25, 0.3) is 0 Å². The number of hydrogen-bond donors (Lipinski definition) is 1. The molecule has 1 aromatic carbocycles. The SMILES string of the molecule is CCOC(=O)N1CCc2nn(CC(=O)Nc3cccc(F)c3)c(=O)cc2C1. The Hall–Kier alpha value is -3.23. The number of fused-ring (bicyclic) bond motifs is 1. The molecule has 0 fully saturated rings. The molecule has 2 aromatic rings. The van der Waals surface area contributed by atoms with E-state index < -0.39 is 23.4 Å². The maximum absolute atomic E-state index is 13.2. The number of carbonyl (C=O) groups is 2. The summed E-state index contributed by atoms with van der Waals surface area (Å²) in [5.74, 6) is -0.956.